The van der Waals surface area contributed by atoms with E-state index in [1.807, 2.05) is 57.2 Å². The molecule has 178 valence electrons. The van der Waals surface area contributed by atoms with Crippen LogP contribution in [-0.2, 0) is 4.79 Å². The first-order valence-corrected chi connectivity index (χ1v) is 11.8. The van der Waals surface area contributed by atoms with Gasteiger partial charge in [0.1, 0.15) is 11.8 Å². The Morgan fingerprint density at radius 1 is 1.03 bits per heavy atom. The second-order valence-electron chi connectivity index (χ2n) is 9.07. The number of amides is 2. The number of benzene rings is 2. The lowest BCUT2D eigenvalue weighted by atomic mass is 9.97. The second-order valence-corrected chi connectivity index (χ2v) is 9.07. The largest absolute Gasteiger partial charge is 0.497 e. The smallest absolute Gasteiger partial charge is 0.294 e. The summed E-state index contributed by atoms with van der Waals surface area (Å²) in [7, 11) is 1.60. The van der Waals surface area contributed by atoms with Crippen LogP contribution in [0, 0.1) is 20.8 Å². The Morgan fingerprint density at radius 2 is 1.68 bits per heavy atom. The summed E-state index contributed by atoms with van der Waals surface area (Å²) in [5.41, 5.74) is 4.36. The summed E-state index contributed by atoms with van der Waals surface area (Å²) in [5, 5.41) is 3.21. The van der Waals surface area contributed by atoms with Crippen molar-refractivity contribution in [3.8, 4) is 5.75 Å². The van der Waals surface area contributed by atoms with Crippen LogP contribution < -0.4 is 15.0 Å². The summed E-state index contributed by atoms with van der Waals surface area (Å²) in [4.78, 5) is 29.4. The van der Waals surface area contributed by atoms with Crippen LogP contribution in [0.25, 0.3) is 0 Å². The molecule has 0 spiro atoms. The van der Waals surface area contributed by atoms with Crippen molar-refractivity contribution < 1.29 is 18.7 Å². The van der Waals surface area contributed by atoms with E-state index in [9.17, 15) is 9.59 Å². The zero-order valence-electron chi connectivity index (χ0n) is 20.3. The van der Waals surface area contributed by atoms with Crippen LogP contribution in [0.15, 0.2) is 59.2 Å². The van der Waals surface area contributed by atoms with E-state index in [-0.39, 0.29) is 23.6 Å². The van der Waals surface area contributed by atoms with Crippen molar-refractivity contribution in [2.75, 3.05) is 12.0 Å². The molecule has 0 aliphatic heterocycles. The average molecular weight is 461 g/mol. The highest BCUT2D eigenvalue weighted by molar-refractivity contribution is 6.09. The molecular formula is C28H32N2O4. The topological polar surface area (TPSA) is 71.8 Å². The van der Waals surface area contributed by atoms with Crippen molar-refractivity contribution in [2.45, 2.75) is 58.5 Å². The molecule has 1 aliphatic rings. The minimum atomic E-state index is -0.871. The molecule has 1 atom stereocenters. The van der Waals surface area contributed by atoms with Gasteiger partial charge in [-0.25, -0.2) is 0 Å². The molecule has 1 heterocycles. The van der Waals surface area contributed by atoms with Gasteiger partial charge in [-0.15, -0.1) is 0 Å². The second kappa shape index (κ2) is 10.2. The number of carbonyl (C=O) groups excluding carboxylic acids is 2. The molecule has 34 heavy (non-hydrogen) atoms. The van der Waals surface area contributed by atoms with E-state index in [0.717, 1.165) is 48.1 Å². The standard InChI is InChI=1S/C28H32N2O4/c1-18-16-19(2)25(20(3)17-18)30(28(32)24-10-7-15-34-24)26(21-11-13-23(33-4)14-12-21)27(31)29-22-8-5-6-9-22/h7,10-17,22,26H,5-6,8-9H2,1-4H3,(H,29,31)/t26-/m0/s1. The number of ether oxygens (including phenoxy) is 1. The van der Waals surface area contributed by atoms with Gasteiger partial charge in [0.15, 0.2) is 5.76 Å². The fourth-order valence-corrected chi connectivity index (χ4v) is 4.97. The van der Waals surface area contributed by atoms with Crippen LogP contribution in [0.5, 0.6) is 5.75 Å². The Hall–Kier alpha value is -3.54. The number of aryl methyl sites for hydroxylation is 3. The molecule has 1 saturated carbocycles. The number of methoxy groups -OCH3 is 1. The molecule has 2 amide bonds. The Labute approximate surface area is 200 Å². The summed E-state index contributed by atoms with van der Waals surface area (Å²) in [6.45, 7) is 5.96. The van der Waals surface area contributed by atoms with Crippen LogP contribution in [0.3, 0.4) is 0 Å². The van der Waals surface area contributed by atoms with E-state index in [0.29, 0.717) is 11.3 Å². The fraction of sp³-hybridized carbons (Fsp3) is 0.357. The molecule has 1 fully saturated rings. The van der Waals surface area contributed by atoms with Crippen molar-refractivity contribution in [1.82, 2.24) is 5.32 Å². The number of nitrogens with zero attached hydrogens (tertiary/aromatic N) is 1. The van der Waals surface area contributed by atoms with Gasteiger partial charge in [-0.05, 0) is 74.6 Å². The highest BCUT2D eigenvalue weighted by atomic mass is 16.5. The quantitative estimate of drug-likeness (QED) is 0.494. The minimum absolute atomic E-state index is 0.119. The van der Waals surface area contributed by atoms with E-state index in [1.54, 1.807) is 24.1 Å². The van der Waals surface area contributed by atoms with Crippen molar-refractivity contribution >= 4 is 17.5 Å². The van der Waals surface area contributed by atoms with Gasteiger partial charge in [0.2, 0.25) is 5.91 Å². The van der Waals surface area contributed by atoms with Gasteiger partial charge in [0.05, 0.1) is 19.1 Å². The Morgan fingerprint density at radius 3 is 2.24 bits per heavy atom. The normalized spacial score (nSPS) is 14.6. The molecule has 0 unspecified atom stereocenters. The first-order valence-electron chi connectivity index (χ1n) is 11.8. The molecule has 1 aromatic heterocycles. The molecule has 1 aliphatic carbocycles. The number of anilines is 1. The number of furan rings is 1. The molecule has 6 nitrogen and oxygen atoms in total. The molecule has 6 heteroatoms. The van der Waals surface area contributed by atoms with Crippen LogP contribution in [-0.4, -0.2) is 25.0 Å². The third-order valence-corrected chi connectivity index (χ3v) is 6.47. The predicted molar refractivity (Wildman–Crippen MR) is 132 cm³/mol. The Kier molecular flexibility index (Phi) is 7.06. The molecular weight excluding hydrogens is 428 g/mol. The number of carbonyl (C=O) groups is 2. The number of hydrogen-bond donors (Lipinski definition) is 1. The minimum Gasteiger partial charge on any atom is -0.497 e. The highest BCUT2D eigenvalue weighted by Crippen LogP contribution is 2.36. The Bertz CT molecular complexity index is 1120. The van der Waals surface area contributed by atoms with Gasteiger partial charge < -0.3 is 14.5 Å². The summed E-state index contributed by atoms with van der Waals surface area (Å²) >= 11 is 0. The van der Waals surface area contributed by atoms with Gasteiger partial charge in [-0.1, -0.05) is 42.7 Å². The average Bonchev–Trinajstić information content (AvgIpc) is 3.52. The van der Waals surface area contributed by atoms with Gasteiger partial charge in [0, 0.05) is 6.04 Å². The fourth-order valence-electron chi connectivity index (χ4n) is 4.97. The first kappa shape index (κ1) is 23.6. The maximum absolute atomic E-state index is 13.9. The SMILES string of the molecule is COc1ccc([C@@H](C(=O)NC2CCCC2)N(C(=O)c2ccco2)c2c(C)cc(C)cc2C)cc1. The summed E-state index contributed by atoms with van der Waals surface area (Å²) in [6, 6.07) is 14.0. The van der Waals surface area contributed by atoms with Crippen molar-refractivity contribution in [3.05, 3.63) is 82.8 Å². The molecule has 3 aromatic rings. The van der Waals surface area contributed by atoms with E-state index in [2.05, 4.69) is 5.32 Å². The van der Waals surface area contributed by atoms with Crippen molar-refractivity contribution in [1.29, 1.82) is 0 Å². The number of rotatable bonds is 7. The zero-order valence-corrected chi connectivity index (χ0v) is 20.3. The molecule has 0 radical (unpaired) electrons. The van der Waals surface area contributed by atoms with Crippen LogP contribution >= 0.6 is 0 Å². The molecule has 0 saturated heterocycles. The van der Waals surface area contributed by atoms with E-state index < -0.39 is 6.04 Å². The highest BCUT2D eigenvalue weighted by Gasteiger charge is 2.37. The van der Waals surface area contributed by atoms with Crippen LogP contribution in [0.1, 0.15) is 64.5 Å². The zero-order chi connectivity index (χ0) is 24.2. The monoisotopic (exact) mass is 460 g/mol. The lowest BCUT2D eigenvalue weighted by Crippen LogP contribution is -2.46. The third-order valence-electron chi connectivity index (χ3n) is 6.47. The van der Waals surface area contributed by atoms with Gasteiger partial charge >= 0.3 is 0 Å². The van der Waals surface area contributed by atoms with Crippen LogP contribution in [0.2, 0.25) is 0 Å². The van der Waals surface area contributed by atoms with E-state index >= 15 is 0 Å². The summed E-state index contributed by atoms with van der Waals surface area (Å²) in [6.07, 6.45) is 5.58. The van der Waals surface area contributed by atoms with Crippen molar-refractivity contribution in [2.24, 2.45) is 0 Å². The maximum atomic E-state index is 13.9. The molecule has 2 aromatic carbocycles. The first-order chi connectivity index (χ1) is 16.4. The predicted octanol–water partition coefficient (Wildman–Crippen LogP) is 5.66. The lowest BCUT2D eigenvalue weighted by molar-refractivity contribution is -0.123. The number of nitrogens with one attached hydrogen (secondary N) is 1. The molecule has 0 bridgehead atoms. The van der Waals surface area contributed by atoms with E-state index in [4.69, 9.17) is 9.15 Å². The summed E-state index contributed by atoms with van der Waals surface area (Å²) in [5.74, 6) is 0.315. The van der Waals surface area contributed by atoms with Gasteiger partial charge in [-0.2, -0.15) is 0 Å². The number of hydrogen-bond acceptors (Lipinski definition) is 4. The lowest BCUT2D eigenvalue weighted by Gasteiger charge is -2.34. The molecule has 1 N–H and O–H groups in total. The third kappa shape index (κ3) is 4.86. The Balaban J connectivity index is 1.87. The molecule has 4 rings (SSSR count). The van der Waals surface area contributed by atoms with Crippen molar-refractivity contribution in [3.63, 3.8) is 0 Å². The maximum Gasteiger partial charge on any atom is 0.294 e. The van der Waals surface area contributed by atoms with Gasteiger partial charge in [-0.3, -0.25) is 14.5 Å². The van der Waals surface area contributed by atoms with E-state index in [1.165, 1.54) is 6.26 Å². The summed E-state index contributed by atoms with van der Waals surface area (Å²) < 4.78 is 10.8. The van der Waals surface area contributed by atoms with Gasteiger partial charge in [0.25, 0.3) is 5.91 Å². The van der Waals surface area contributed by atoms with Crippen LogP contribution in [0.4, 0.5) is 5.69 Å².